The van der Waals surface area contributed by atoms with Crippen LogP contribution < -0.4 is 11.5 Å². The van der Waals surface area contributed by atoms with Crippen molar-refractivity contribution >= 4 is 12.2 Å². The van der Waals surface area contributed by atoms with Gasteiger partial charge in [0.2, 0.25) is 17.9 Å². The molecule has 3 aliphatic rings. The second-order valence-electron chi connectivity index (χ2n) is 4.56. The number of primary amides is 1. The van der Waals surface area contributed by atoms with E-state index < -0.39 is 41.2 Å². The number of carbonyl (C=O) groups excluding carboxylic acids is 1. The van der Waals surface area contributed by atoms with Gasteiger partial charge in [-0.2, -0.15) is 9.48 Å². The molecule has 7 N–H and O–H groups in total. The molecule has 0 aliphatic carbocycles. The minimum absolute atomic E-state index is 0.0644. The zero-order chi connectivity index (χ0) is 13.3. The number of hydrogen-bond donors (Lipinski definition) is 5. The van der Waals surface area contributed by atoms with Gasteiger partial charge in [-0.1, -0.05) is 0 Å². The van der Waals surface area contributed by atoms with Crippen LogP contribution in [0.25, 0.3) is 0 Å². The smallest absolute Gasteiger partial charge is 0.325 e. The molecule has 5 atom stereocenters. The zero-order valence-electron chi connectivity index (χ0n) is 9.22. The van der Waals surface area contributed by atoms with Gasteiger partial charge in [-0.05, 0) is 0 Å². The number of rotatable bonds is 2. The highest BCUT2D eigenvalue weighted by Gasteiger charge is 2.92. The lowest BCUT2D eigenvalue weighted by molar-refractivity contribution is -0.747. The first-order valence-corrected chi connectivity index (χ1v) is 5.32. The predicted octanol–water partition coefficient (Wildman–Crippen LogP) is -3.76. The van der Waals surface area contributed by atoms with Gasteiger partial charge in [-0.15, -0.1) is 0 Å². The third kappa shape index (κ3) is 0.920. The minimum atomic E-state index is -1.72. The lowest BCUT2D eigenvalue weighted by Crippen LogP contribution is -2.50. The van der Waals surface area contributed by atoms with Crippen molar-refractivity contribution in [2.75, 3.05) is 6.61 Å². The number of amides is 1. The van der Waals surface area contributed by atoms with Crippen molar-refractivity contribution in [1.82, 2.24) is 0 Å². The van der Waals surface area contributed by atoms with Crippen LogP contribution in [0, 0.1) is 0 Å². The molecule has 18 heavy (non-hydrogen) atoms. The highest BCUT2D eigenvalue weighted by molar-refractivity contribution is 5.94. The molecule has 0 aromatic carbocycles. The second kappa shape index (κ2) is 3.08. The normalized spacial score (nSPS) is 48.9. The van der Waals surface area contributed by atoms with Crippen LogP contribution in [0.4, 0.5) is 0 Å². The van der Waals surface area contributed by atoms with E-state index in [1.54, 1.807) is 0 Å². The van der Waals surface area contributed by atoms with Gasteiger partial charge in [0.1, 0.15) is 6.10 Å². The third-order valence-electron chi connectivity index (χ3n) is 3.77. The number of aliphatic imine (C=N–C) groups is 1. The third-order valence-corrected chi connectivity index (χ3v) is 3.77. The molecule has 3 aliphatic heterocycles. The number of hydrogen-bond acceptors (Lipinski definition) is 7. The summed E-state index contributed by atoms with van der Waals surface area (Å²) in [7, 11) is 0. The van der Waals surface area contributed by atoms with Crippen LogP contribution in [0.3, 0.4) is 0 Å². The number of aliphatic hydroxyl groups excluding tert-OH is 2. The molecule has 1 unspecified atom stereocenters. The van der Waals surface area contributed by atoms with Gasteiger partial charge in [0.25, 0.3) is 12.1 Å². The van der Waals surface area contributed by atoms with E-state index in [2.05, 4.69) is 4.99 Å². The largest absolute Gasteiger partial charge is 0.394 e. The Kier molecular flexibility index (Phi) is 1.98. The first-order chi connectivity index (χ1) is 8.41. The molecule has 0 aromatic heterocycles. The average Bonchev–Trinajstić information content (AvgIpc) is 2.57. The molecule has 3 heterocycles. The first kappa shape index (κ1) is 11.6. The molecular weight excluding hydrogens is 244 g/mol. The van der Waals surface area contributed by atoms with E-state index in [-0.39, 0.29) is 11.5 Å². The highest BCUT2D eigenvalue weighted by atomic mass is 16.6. The number of carbonyl (C=O) groups is 1. The quantitative estimate of drug-likeness (QED) is 0.253. The van der Waals surface area contributed by atoms with Gasteiger partial charge < -0.3 is 31.5 Å². The van der Waals surface area contributed by atoms with Gasteiger partial charge in [0.15, 0.2) is 6.10 Å². The Balaban J connectivity index is 2.00. The molecule has 2 fully saturated rings. The van der Waals surface area contributed by atoms with E-state index in [1.807, 2.05) is 0 Å². The topological polar surface area (TPSA) is 151 Å². The van der Waals surface area contributed by atoms with Crippen molar-refractivity contribution in [3.05, 3.63) is 11.5 Å². The summed E-state index contributed by atoms with van der Waals surface area (Å²) in [6.07, 6.45) is -1.88. The number of nitrogens with two attached hydrogens (primary N) is 2. The molecule has 0 radical (unpaired) electrons. The average molecular weight is 257 g/mol. The van der Waals surface area contributed by atoms with Gasteiger partial charge >= 0.3 is 5.72 Å². The number of fused-ring (bicyclic) bond motifs is 3. The van der Waals surface area contributed by atoms with Crippen LogP contribution in [-0.4, -0.2) is 62.8 Å². The van der Waals surface area contributed by atoms with Crippen LogP contribution in [0.1, 0.15) is 0 Å². The SMILES string of the molecule is NC(=O)C1=C(N)[N+]2(C=N1)[C@@H]1O[C@H](CO)[C@H](O)[C@]12O. The van der Waals surface area contributed by atoms with Crippen LogP contribution in [-0.2, 0) is 9.53 Å². The fourth-order valence-electron chi connectivity index (χ4n) is 2.74. The van der Waals surface area contributed by atoms with E-state index in [1.165, 1.54) is 6.34 Å². The lowest BCUT2D eigenvalue weighted by atomic mass is 10.1. The van der Waals surface area contributed by atoms with Crippen LogP contribution >= 0.6 is 0 Å². The van der Waals surface area contributed by atoms with E-state index in [0.717, 1.165) is 0 Å². The fraction of sp³-hybridized carbons (Fsp3) is 0.556. The van der Waals surface area contributed by atoms with Crippen LogP contribution in [0.2, 0.25) is 0 Å². The summed E-state index contributed by atoms with van der Waals surface area (Å²) in [4.78, 5) is 14.8. The van der Waals surface area contributed by atoms with Crippen molar-refractivity contribution in [1.29, 1.82) is 0 Å². The molecule has 9 heteroatoms. The number of nitrogens with zero attached hydrogens (tertiary/aromatic N) is 2. The van der Waals surface area contributed by atoms with Crippen molar-refractivity contribution in [2.24, 2.45) is 16.5 Å². The molecule has 0 saturated carbocycles. The maximum Gasteiger partial charge on any atom is 0.325 e. The Bertz CT molecular complexity index is 505. The fourth-order valence-corrected chi connectivity index (χ4v) is 2.74. The molecule has 0 aromatic rings. The van der Waals surface area contributed by atoms with Gasteiger partial charge in [0.05, 0.1) is 6.61 Å². The molecular formula is C9H13N4O5+. The summed E-state index contributed by atoms with van der Waals surface area (Å²) < 4.78 is 4.85. The number of quaternary nitrogens is 1. The summed E-state index contributed by atoms with van der Waals surface area (Å²) in [5, 5.41) is 29.3. The molecule has 0 bridgehead atoms. The van der Waals surface area contributed by atoms with E-state index in [0.29, 0.717) is 0 Å². The standard InChI is InChI=1S/C9H12N4O5/c10-6-4(7(11)16)12-2-13(6)8-9(13,17)5(15)3(1-14)18-8/h2-3,5,8,14-15,17H,1H2,(H3-,10,11,16)/p+1/t3-,5+,8-,9+,13?/m1/s1. The van der Waals surface area contributed by atoms with E-state index in [9.17, 15) is 15.0 Å². The minimum Gasteiger partial charge on any atom is -0.394 e. The monoisotopic (exact) mass is 257 g/mol. The predicted molar refractivity (Wildman–Crippen MR) is 55.9 cm³/mol. The maximum atomic E-state index is 11.1. The van der Waals surface area contributed by atoms with Gasteiger partial charge in [-0.3, -0.25) is 4.79 Å². The summed E-state index contributed by atoms with van der Waals surface area (Å²) in [5.74, 6) is -0.883. The summed E-state index contributed by atoms with van der Waals surface area (Å²) in [6.45, 7) is -0.427. The molecule has 98 valence electrons. The zero-order valence-corrected chi connectivity index (χ0v) is 9.22. The van der Waals surface area contributed by atoms with Crippen molar-refractivity contribution in [3.8, 4) is 0 Å². The van der Waals surface area contributed by atoms with Crippen molar-refractivity contribution < 1.29 is 29.3 Å². The molecule has 3 rings (SSSR count). The number of aliphatic hydroxyl groups is 3. The summed E-state index contributed by atoms with van der Waals surface area (Å²) >= 11 is 0. The Morgan fingerprint density at radius 2 is 2.33 bits per heavy atom. The molecule has 9 nitrogen and oxygen atoms in total. The van der Waals surface area contributed by atoms with Crippen LogP contribution in [0.15, 0.2) is 16.5 Å². The first-order valence-electron chi connectivity index (χ1n) is 5.32. The summed E-state index contributed by atoms with van der Waals surface area (Å²) in [6, 6.07) is 0. The van der Waals surface area contributed by atoms with Crippen molar-refractivity contribution in [3.63, 3.8) is 0 Å². The maximum absolute atomic E-state index is 11.1. The second-order valence-corrected chi connectivity index (χ2v) is 4.56. The Morgan fingerprint density at radius 3 is 2.72 bits per heavy atom. The molecule has 2 saturated heterocycles. The van der Waals surface area contributed by atoms with E-state index in [4.69, 9.17) is 21.3 Å². The van der Waals surface area contributed by atoms with Gasteiger partial charge in [0, 0.05) is 0 Å². The van der Waals surface area contributed by atoms with Crippen molar-refractivity contribution in [2.45, 2.75) is 24.2 Å². The highest BCUT2D eigenvalue weighted by Crippen LogP contribution is 2.60. The summed E-state index contributed by atoms with van der Waals surface area (Å²) in [5.41, 5.74) is 8.97. The Morgan fingerprint density at radius 1 is 1.67 bits per heavy atom. The lowest BCUT2D eigenvalue weighted by Gasteiger charge is -2.23. The molecule has 1 amide bonds. The number of ether oxygens (including phenoxy) is 1. The van der Waals surface area contributed by atoms with Gasteiger partial charge in [-0.25, -0.2) is 0 Å². The van der Waals surface area contributed by atoms with E-state index >= 15 is 0 Å². The Hall–Kier alpha value is -1.52. The molecule has 1 spiro atoms. The Labute approximate surface area is 101 Å². The van der Waals surface area contributed by atoms with Crippen LogP contribution in [0.5, 0.6) is 0 Å².